The second kappa shape index (κ2) is 9.40. The second-order valence-corrected chi connectivity index (χ2v) is 12.5. The summed E-state index contributed by atoms with van der Waals surface area (Å²) in [7, 11) is -3.47. The molecule has 2 aromatic rings. The fourth-order valence-electron chi connectivity index (χ4n) is 4.62. The van der Waals surface area contributed by atoms with Crippen LogP contribution in [0.5, 0.6) is 0 Å². The third-order valence-electron chi connectivity index (χ3n) is 6.36. The zero-order valence-electron chi connectivity index (χ0n) is 19.1. The maximum absolute atomic E-state index is 13.2. The molecule has 2 aliphatic heterocycles. The molecule has 32 heavy (non-hydrogen) atoms. The minimum Gasteiger partial charge on any atom is -0.386 e. The van der Waals surface area contributed by atoms with Gasteiger partial charge in [0.2, 0.25) is 0 Å². The van der Waals surface area contributed by atoms with E-state index < -0.39 is 15.6 Å². The Bertz CT molecular complexity index is 987. The molecular weight excluding hydrogens is 444 g/mol. The van der Waals surface area contributed by atoms with Crippen molar-refractivity contribution in [3.63, 3.8) is 0 Å². The van der Waals surface area contributed by atoms with Crippen LogP contribution >= 0.6 is 11.3 Å². The van der Waals surface area contributed by atoms with Gasteiger partial charge in [0, 0.05) is 57.5 Å². The highest BCUT2D eigenvalue weighted by Crippen LogP contribution is 2.29. The van der Waals surface area contributed by atoms with E-state index in [1.807, 2.05) is 29.6 Å². The van der Waals surface area contributed by atoms with E-state index in [0.717, 1.165) is 37.4 Å². The molecule has 9 heteroatoms. The Labute approximate surface area is 195 Å². The van der Waals surface area contributed by atoms with Gasteiger partial charge in [-0.3, -0.25) is 4.90 Å². The zero-order chi connectivity index (χ0) is 22.9. The lowest BCUT2D eigenvalue weighted by atomic mass is 9.98. The first-order valence-corrected chi connectivity index (χ1v) is 13.6. The molecule has 2 aliphatic rings. The van der Waals surface area contributed by atoms with Crippen LogP contribution in [0.4, 0.5) is 5.69 Å². The third kappa shape index (κ3) is 5.18. The molecule has 0 saturated carbocycles. The first-order chi connectivity index (χ1) is 15.1. The minimum absolute atomic E-state index is 0.0526. The monoisotopic (exact) mass is 478 g/mol. The molecule has 1 unspecified atom stereocenters. The molecule has 0 radical (unpaired) electrons. The Hall–Kier alpha value is -1.49. The summed E-state index contributed by atoms with van der Waals surface area (Å²) in [5.74, 6) is 0. The Kier molecular flexibility index (Phi) is 6.95. The van der Waals surface area contributed by atoms with E-state index in [-0.39, 0.29) is 6.04 Å². The van der Waals surface area contributed by atoms with Gasteiger partial charge in [0.25, 0.3) is 10.0 Å². The Balaban J connectivity index is 1.58. The molecule has 1 aromatic heterocycles. The van der Waals surface area contributed by atoms with Gasteiger partial charge >= 0.3 is 0 Å². The number of rotatable bonds is 6. The Morgan fingerprint density at radius 1 is 1.12 bits per heavy atom. The van der Waals surface area contributed by atoms with Crippen molar-refractivity contribution in [2.45, 2.75) is 42.7 Å². The normalized spacial score (nSPS) is 24.1. The van der Waals surface area contributed by atoms with Crippen LogP contribution in [0.3, 0.4) is 0 Å². The molecule has 176 valence electrons. The molecule has 4 rings (SSSR count). The maximum Gasteiger partial charge on any atom is 0.252 e. The van der Waals surface area contributed by atoms with Crippen molar-refractivity contribution in [2.24, 2.45) is 0 Å². The number of piperazine rings is 2. The molecule has 2 saturated heterocycles. The van der Waals surface area contributed by atoms with Crippen molar-refractivity contribution in [1.82, 2.24) is 14.5 Å². The second-order valence-electron chi connectivity index (χ2n) is 9.36. The standard InChI is InChI=1S/C23H34N4O3S2/c1-18-15-25(11-10-24-18)16-21-17-26(32(29,30)22-5-4-14-31-22)12-13-27(21)20-8-6-19(7-9-20)23(2,3)28/h4-9,14,18,21,24,28H,10-13,15-17H2,1-3H3/t18?,21-/m0/s1. The van der Waals surface area contributed by atoms with Gasteiger partial charge < -0.3 is 15.3 Å². The van der Waals surface area contributed by atoms with Crippen LogP contribution in [-0.4, -0.2) is 80.6 Å². The van der Waals surface area contributed by atoms with Gasteiger partial charge in [0.1, 0.15) is 4.21 Å². The van der Waals surface area contributed by atoms with E-state index in [1.54, 1.807) is 30.3 Å². The van der Waals surface area contributed by atoms with Crippen LogP contribution in [0.1, 0.15) is 26.3 Å². The van der Waals surface area contributed by atoms with Crippen molar-refractivity contribution in [1.29, 1.82) is 0 Å². The van der Waals surface area contributed by atoms with Gasteiger partial charge in [-0.2, -0.15) is 4.31 Å². The lowest BCUT2D eigenvalue weighted by molar-refractivity contribution is 0.0786. The van der Waals surface area contributed by atoms with Crippen LogP contribution in [0.2, 0.25) is 0 Å². The van der Waals surface area contributed by atoms with Crippen molar-refractivity contribution < 1.29 is 13.5 Å². The van der Waals surface area contributed by atoms with Crippen molar-refractivity contribution in [3.05, 3.63) is 47.3 Å². The predicted molar refractivity (Wildman–Crippen MR) is 130 cm³/mol. The number of nitrogens with zero attached hydrogens (tertiary/aromatic N) is 3. The zero-order valence-corrected chi connectivity index (χ0v) is 20.7. The number of hydrogen-bond donors (Lipinski definition) is 2. The van der Waals surface area contributed by atoms with Crippen LogP contribution in [-0.2, 0) is 15.6 Å². The summed E-state index contributed by atoms with van der Waals surface area (Å²) in [5.41, 5.74) is 1.05. The average Bonchev–Trinajstić information content (AvgIpc) is 3.29. The number of hydrogen-bond acceptors (Lipinski definition) is 7. The molecule has 0 bridgehead atoms. The molecule has 2 N–H and O–H groups in total. The summed E-state index contributed by atoms with van der Waals surface area (Å²) in [6.07, 6.45) is 0. The lowest BCUT2D eigenvalue weighted by Gasteiger charge is -2.45. The van der Waals surface area contributed by atoms with Gasteiger partial charge in [0.15, 0.2) is 0 Å². The number of anilines is 1. The Morgan fingerprint density at radius 3 is 2.50 bits per heavy atom. The van der Waals surface area contributed by atoms with E-state index in [0.29, 0.717) is 29.9 Å². The van der Waals surface area contributed by atoms with E-state index in [4.69, 9.17) is 0 Å². The highest BCUT2D eigenvalue weighted by Gasteiger charge is 2.36. The quantitative estimate of drug-likeness (QED) is 0.663. The van der Waals surface area contributed by atoms with Gasteiger partial charge in [0.05, 0.1) is 11.6 Å². The SMILES string of the molecule is CC1CN(C[C@H]2CN(S(=O)(=O)c3cccs3)CCN2c2ccc(C(C)(C)O)cc2)CCN1. The molecule has 3 heterocycles. The topological polar surface area (TPSA) is 76.1 Å². The number of thiophene rings is 1. The summed E-state index contributed by atoms with van der Waals surface area (Å²) in [5, 5.41) is 15.6. The molecule has 0 amide bonds. The molecule has 2 fully saturated rings. The summed E-state index contributed by atoms with van der Waals surface area (Å²) in [4.78, 5) is 4.77. The molecule has 0 spiro atoms. The van der Waals surface area contributed by atoms with Gasteiger partial charge in [-0.25, -0.2) is 8.42 Å². The summed E-state index contributed by atoms with van der Waals surface area (Å²) in [6, 6.07) is 12.0. The fraction of sp³-hybridized carbons (Fsp3) is 0.565. The van der Waals surface area contributed by atoms with E-state index in [9.17, 15) is 13.5 Å². The largest absolute Gasteiger partial charge is 0.386 e. The van der Waals surface area contributed by atoms with Crippen LogP contribution in [0, 0.1) is 0 Å². The number of nitrogens with one attached hydrogen (secondary N) is 1. The fourth-order valence-corrected chi connectivity index (χ4v) is 7.23. The molecular formula is C23H34N4O3S2. The van der Waals surface area contributed by atoms with Crippen molar-refractivity contribution in [3.8, 4) is 0 Å². The van der Waals surface area contributed by atoms with Crippen LogP contribution in [0.15, 0.2) is 46.0 Å². The number of benzene rings is 1. The number of sulfonamides is 1. The predicted octanol–water partition coefficient (Wildman–Crippen LogP) is 2.15. The summed E-state index contributed by atoms with van der Waals surface area (Å²) < 4.78 is 28.5. The third-order valence-corrected chi connectivity index (χ3v) is 9.60. The highest BCUT2D eigenvalue weighted by atomic mass is 32.2. The van der Waals surface area contributed by atoms with Crippen LogP contribution < -0.4 is 10.2 Å². The number of aliphatic hydroxyl groups is 1. The summed E-state index contributed by atoms with van der Waals surface area (Å²) >= 11 is 1.28. The average molecular weight is 479 g/mol. The van der Waals surface area contributed by atoms with Crippen molar-refractivity contribution >= 4 is 27.0 Å². The molecule has 0 aliphatic carbocycles. The lowest BCUT2D eigenvalue weighted by Crippen LogP contribution is -2.60. The van der Waals surface area contributed by atoms with E-state index in [1.165, 1.54) is 11.3 Å². The summed E-state index contributed by atoms with van der Waals surface area (Å²) in [6.45, 7) is 11.0. The maximum atomic E-state index is 13.2. The smallest absolute Gasteiger partial charge is 0.252 e. The van der Waals surface area contributed by atoms with Gasteiger partial charge in [-0.15, -0.1) is 11.3 Å². The van der Waals surface area contributed by atoms with Crippen molar-refractivity contribution in [2.75, 3.05) is 50.7 Å². The van der Waals surface area contributed by atoms with Gasteiger partial charge in [-0.1, -0.05) is 18.2 Å². The van der Waals surface area contributed by atoms with Crippen LogP contribution in [0.25, 0.3) is 0 Å². The first-order valence-electron chi connectivity index (χ1n) is 11.2. The Morgan fingerprint density at radius 2 is 1.88 bits per heavy atom. The highest BCUT2D eigenvalue weighted by molar-refractivity contribution is 7.91. The first kappa shape index (κ1) is 23.7. The van der Waals surface area contributed by atoms with E-state index >= 15 is 0 Å². The van der Waals surface area contributed by atoms with E-state index in [2.05, 4.69) is 22.0 Å². The molecule has 1 aromatic carbocycles. The molecule has 2 atom stereocenters. The van der Waals surface area contributed by atoms with Gasteiger partial charge in [-0.05, 0) is 49.9 Å². The molecule has 7 nitrogen and oxygen atoms in total. The minimum atomic E-state index is -3.47.